The minimum atomic E-state index is -2.37. The van der Waals surface area contributed by atoms with Crippen molar-refractivity contribution in [2.75, 3.05) is 19.6 Å². The number of nitrogens with two attached hydrogens (primary N) is 1. The summed E-state index contributed by atoms with van der Waals surface area (Å²) in [5.41, 5.74) is 5.60. The second-order valence-electron chi connectivity index (χ2n) is 16.1. The van der Waals surface area contributed by atoms with Crippen LogP contribution >= 0.6 is 0 Å². The highest BCUT2D eigenvalue weighted by Crippen LogP contribution is 2.62. The zero-order valence-corrected chi connectivity index (χ0v) is 34.7. The maximum atomic E-state index is 8.03. The van der Waals surface area contributed by atoms with Crippen molar-refractivity contribution in [2.24, 2.45) is 11.7 Å². The van der Waals surface area contributed by atoms with Gasteiger partial charge < -0.3 is 24.3 Å². The third kappa shape index (κ3) is 7.91. The van der Waals surface area contributed by atoms with Crippen LogP contribution in [0.4, 0.5) is 0 Å². The molecule has 41 heavy (non-hydrogen) atoms. The van der Waals surface area contributed by atoms with E-state index in [-0.39, 0.29) is 21.1 Å². The summed E-state index contributed by atoms with van der Waals surface area (Å²) in [6.45, 7) is 41.5. The summed E-state index contributed by atoms with van der Waals surface area (Å²) in [5.74, 6) is 0.560. The van der Waals surface area contributed by atoms with Gasteiger partial charge in [0.05, 0.1) is 18.9 Å². The van der Waals surface area contributed by atoms with Gasteiger partial charge >= 0.3 is 0 Å². The van der Waals surface area contributed by atoms with E-state index < -0.39 is 33.0 Å². The molecule has 0 bridgehead atoms. The molecule has 3 unspecified atom stereocenters. The van der Waals surface area contributed by atoms with Crippen LogP contribution in [0.25, 0.3) is 0 Å². The van der Waals surface area contributed by atoms with E-state index in [9.17, 15) is 0 Å². The molecule has 0 aromatic heterocycles. The van der Waals surface area contributed by atoms with Crippen LogP contribution in [0, 0.1) is 5.92 Å². The van der Waals surface area contributed by atoms with Gasteiger partial charge in [0.1, 0.15) is 0 Å². The zero-order valence-electron chi connectivity index (χ0n) is 30.7. The molecule has 9 heteroatoms. The molecule has 1 aliphatic heterocycles. The first-order chi connectivity index (χ1) is 18.6. The van der Waals surface area contributed by atoms with Crippen LogP contribution in [0.5, 0.6) is 0 Å². The molecule has 1 saturated heterocycles. The molecule has 246 valence electrons. The molecule has 0 saturated carbocycles. The molecule has 5 nitrogen and oxygen atoms in total. The number of hydrogen-bond donors (Lipinski definition) is 2. The molecule has 0 aliphatic carbocycles. The van der Waals surface area contributed by atoms with E-state index >= 15 is 0 Å². The van der Waals surface area contributed by atoms with Gasteiger partial charge in [0.2, 0.25) is 8.32 Å². The van der Waals surface area contributed by atoms with E-state index in [0.717, 1.165) is 64.1 Å². The summed E-state index contributed by atoms with van der Waals surface area (Å²) in [6.07, 6.45) is 7.49. The normalized spacial score (nSPS) is 25.2. The number of rotatable bonds is 19. The second-order valence-corrected chi connectivity index (χ2v) is 34.3. The molecular weight excluding hydrogens is 573 g/mol. The molecule has 0 aromatic carbocycles. The Bertz CT molecular complexity index is 802. The van der Waals surface area contributed by atoms with Gasteiger partial charge in [0.25, 0.3) is 0 Å². The van der Waals surface area contributed by atoms with Gasteiger partial charge in [0.15, 0.2) is 16.6 Å². The van der Waals surface area contributed by atoms with Gasteiger partial charge in [-0.3, -0.25) is 0 Å². The van der Waals surface area contributed by atoms with E-state index in [1.54, 1.807) is 0 Å². The smallest absolute Gasteiger partial charge is 0.220 e. The molecule has 1 rings (SSSR count). The van der Waals surface area contributed by atoms with Crippen molar-refractivity contribution in [1.29, 1.82) is 0 Å². The van der Waals surface area contributed by atoms with Crippen molar-refractivity contribution >= 4 is 33.0 Å². The third-order valence-electron chi connectivity index (χ3n) is 11.5. The lowest BCUT2D eigenvalue weighted by Crippen LogP contribution is -2.69. The van der Waals surface area contributed by atoms with Crippen LogP contribution in [0.15, 0.2) is 0 Å². The maximum Gasteiger partial charge on any atom is 0.220 e. The van der Waals surface area contributed by atoms with Gasteiger partial charge in [-0.2, -0.15) is 0 Å². The van der Waals surface area contributed by atoms with Crippen LogP contribution < -0.4 is 11.1 Å². The Morgan fingerprint density at radius 1 is 0.854 bits per heavy atom. The van der Waals surface area contributed by atoms with Crippen molar-refractivity contribution in [3.05, 3.63) is 0 Å². The average molecular weight is 647 g/mol. The van der Waals surface area contributed by atoms with E-state index in [0.29, 0.717) is 12.5 Å². The zero-order chi connectivity index (χ0) is 32.2. The van der Waals surface area contributed by atoms with Gasteiger partial charge in [-0.15, -0.1) is 0 Å². The quantitative estimate of drug-likeness (QED) is 0.108. The molecular formula is C32H74N2O3Si4. The van der Waals surface area contributed by atoms with Crippen LogP contribution in [0.1, 0.15) is 93.4 Å². The molecule has 3 N–H and O–H groups in total. The summed E-state index contributed by atoms with van der Waals surface area (Å²) in [5, 5.41) is 3.43. The SMILES string of the molecule is CCC(CC)(O[Si]1(C)CC(CNCCN)CC1(C)O[Si](C)(C)C)C(CC)(CC)[Si](C)(C)OC(CC)(CC)[Si](C)(C)C. The Morgan fingerprint density at radius 2 is 1.37 bits per heavy atom. The van der Waals surface area contributed by atoms with Crippen molar-refractivity contribution in [1.82, 2.24) is 5.32 Å². The first-order valence-corrected chi connectivity index (χ1v) is 29.6. The molecule has 3 atom stereocenters. The van der Waals surface area contributed by atoms with E-state index in [1.165, 1.54) is 0 Å². The Labute approximate surface area is 261 Å². The first kappa shape index (κ1) is 39.7. The van der Waals surface area contributed by atoms with Crippen molar-refractivity contribution in [3.63, 3.8) is 0 Å². The fourth-order valence-electron chi connectivity index (χ4n) is 9.22. The van der Waals surface area contributed by atoms with Crippen molar-refractivity contribution in [3.8, 4) is 0 Å². The standard InChI is InChI=1S/C32H74N2O3Si4/c1-17-30(18-2,31(19-3,20-4)40(14,15)37-32(21-5,22-6)38(8,9)10)36-41(16)27-28(26-34-24-23-33)25-29(41,7)35-39(11,12)13/h28,34H,17-27,33H2,1-16H3. The third-order valence-corrected chi connectivity index (χ3v) is 25.6. The maximum absolute atomic E-state index is 8.03. The fourth-order valence-corrected chi connectivity index (χ4v) is 25.5. The Kier molecular flexibility index (Phi) is 13.9. The highest BCUT2D eigenvalue weighted by Gasteiger charge is 2.66. The lowest BCUT2D eigenvalue weighted by Gasteiger charge is -2.62. The van der Waals surface area contributed by atoms with E-state index in [2.05, 4.69) is 113 Å². The summed E-state index contributed by atoms with van der Waals surface area (Å²) < 4.78 is 23.0. The van der Waals surface area contributed by atoms with Gasteiger partial charge in [0, 0.05) is 23.4 Å². The Balaban J connectivity index is 3.79. The van der Waals surface area contributed by atoms with Gasteiger partial charge in [-0.1, -0.05) is 61.2 Å². The Morgan fingerprint density at radius 3 is 1.73 bits per heavy atom. The minimum absolute atomic E-state index is 0.00452. The summed E-state index contributed by atoms with van der Waals surface area (Å²) in [6, 6.07) is 1.14. The summed E-state index contributed by atoms with van der Waals surface area (Å²) in [7, 11) is -8.09. The van der Waals surface area contributed by atoms with Crippen molar-refractivity contribution < 1.29 is 13.3 Å². The van der Waals surface area contributed by atoms with Crippen LogP contribution in [0.3, 0.4) is 0 Å². The lowest BCUT2D eigenvalue weighted by molar-refractivity contribution is -0.0348. The molecule has 0 spiro atoms. The van der Waals surface area contributed by atoms with E-state index in [1.807, 2.05) is 0 Å². The topological polar surface area (TPSA) is 65.7 Å². The highest BCUT2D eigenvalue weighted by molar-refractivity contribution is 6.82. The van der Waals surface area contributed by atoms with Crippen LogP contribution in [-0.4, -0.2) is 68.7 Å². The number of nitrogens with one attached hydrogen (secondary N) is 1. The second kappa shape index (κ2) is 14.4. The molecule has 0 aromatic rings. The predicted molar refractivity (Wildman–Crippen MR) is 192 cm³/mol. The number of hydrogen-bond acceptors (Lipinski definition) is 5. The van der Waals surface area contributed by atoms with Gasteiger partial charge in [-0.05, 0) is 110 Å². The monoisotopic (exact) mass is 646 g/mol. The molecule has 0 radical (unpaired) electrons. The van der Waals surface area contributed by atoms with E-state index in [4.69, 9.17) is 19.0 Å². The summed E-state index contributed by atoms with van der Waals surface area (Å²) in [4.78, 5) is 0. The summed E-state index contributed by atoms with van der Waals surface area (Å²) >= 11 is 0. The molecule has 0 amide bonds. The molecule has 1 fully saturated rings. The molecule has 1 aliphatic rings. The fraction of sp³-hybridized carbons (Fsp3) is 1.00. The predicted octanol–water partition coefficient (Wildman–Crippen LogP) is 9.07. The first-order valence-electron chi connectivity index (χ1n) is 17.1. The minimum Gasteiger partial charge on any atom is -0.414 e. The highest BCUT2D eigenvalue weighted by atomic mass is 28.4. The largest absolute Gasteiger partial charge is 0.414 e. The Hall–Kier alpha value is 0.668. The van der Waals surface area contributed by atoms with Crippen LogP contribution in [0.2, 0.25) is 70.0 Å². The van der Waals surface area contributed by atoms with Crippen LogP contribution in [-0.2, 0) is 13.3 Å². The van der Waals surface area contributed by atoms with Gasteiger partial charge in [-0.25, -0.2) is 0 Å². The van der Waals surface area contributed by atoms with Crippen molar-refractivity contribution in [2.45, 2.75) is 179 Å². The lowest BCUT2D eigenvalue weighted by atomic mass is 9.78. The molecule has 1 heterocycles. The average Bonchev–Trinajstić information content (AvgIpc) is 3.08.